The van der Waals surface area contributed by atoms with Crippen LogP contribution in [0.2, 0.25) is 0 Å². The molecule has 7 nitrogen and oxygen atoms in total. The predicted octanol–water partition coefficient (Wildman–Crippen LogP) is 1.36. The number of amides is 2. The molecule has 1 aromatic carbocycles. The Balaban J connectivity index is 1.81. The van der Waals surface area contributed by atoms with Gasteiger partial charge in [0.2, 0.25) is 5.84 Å². The highest BCUT2D eigenvalue weighted by atomic mass is 16.2. The van der Waals surface area contributed by atoms with Crippen LogP contribution in [0.1, 0.15) is 6.92 Å². The van der Waals surface area contributed by atoms with Crippen molar-refractivity contribution in [3.63, 3.8) is 0 Å². The fourth-order valence-electron chi connectivity index (χ4n) is 2.13. The van der Waals surface area contributed by atoms with E-state index in [1.165, 1.54) is 5.01 Å². The third-order valence-corrected chi connectivity index (χ3v) is 3.29. The minimum atomic E-state index is -0.644. The van der Waals surface area contributed by atoms with Gasteiger partial charge >= 0.3 is 0 Å². The normalized spacial score (nSPS) is 17.3. The van der Waals surface area contributed by atoms with Crippen LogP contribution in [0, 0.1) is 0 Å². The largest absolute Gasteiger partial charge is 0.319 e. The first-order chi connectivity index (χ1) is 11.1. The second-order valence-corrected chi connectivity index (χ2v) is 4.96. The highest BCUT2D eigenvalue weighted by molar-refractivity contribution is 6.43. The van der Waals surface area contributed by atoms with Gasteiger partial charge in [0.05, 0.1) is 5.69 Å². The maximum Gasteiger partial charge on any atom is 0.292 e. The monoisotopic (exact) mass is 309 g/mol. The average Bonchev–Trinajstić information content (AvgIpc) is 2.59. The van der Waals surface area contributed by atoms with Crippen LogP contribution in [0.25, 0.3) is 0 Å². The van der Waals surface area contributed by atoms with E-state index in [9.17, 15) is 9.59 Å². The first kappa shape index (κ1) is 14.7. The predicted molar refractivity (Wildman–Crippen MR) is 86.8 cm³/mol. The van der Waals surface area contributed by atoms with E-state index in [-0.39, 0.29) is 11.7 Å². The van der Waals surface area contributed by atoms with E-state index in [2.05, 4.69) is 20.7 Å². The number of carbonyl (C=O) groups is 2. The SMILES string of the molecule is C[C@H]1N=C(C(=O)Nc2ccncc2)NN(c2ccccc2)C1=O. The Morgan fingerprint density at radius 1 is 1.17 bits per heavy atom. The van der Waals surface area contributed by atoms with Crippen LogP contribution in [-0.4, -0.2) is 28.7 Å². The van der Waals surface area contributed by atoms with Crippen molar-refractivity contribution in [3.05, 3.63) is 54.9 Å². The number of pyridine rings is 1. The summed E-state index contributed by atoms with van der Waals surface area (Å²) in [5.41, 5.74) is 4.02. The standard InChI is InChI=1S/C16H15N5O2/c1-11-16(23)21(13-5-3-2-4-6-13)20-14(18-11)15(22)19-12-7-9-17-10-8-12/h2-11H,1H3,(H,18,20)(H,17,19,22)/t11-/m1/s1. The molecule has 7 heteroatoms. The summed E-state index contributed by atoms with van der Waals surface area (Å²) in [5.74, 6) is -0.564. The Morgan fingerprint density at radius 2 is 1.87 bits per heavy atom. The number of aromatic nitrogens is 1. The van der Waals surface area contributed by atoms with Crippen LogP contribution < -0.4 is 15.8 Å². The van der Waals surface area contributed by atoms with E-state index >= 15 is 0 Å². The van der Waals surface area contributed by atoms with Crippen molar-refractivity contribution >= 4 is 29.0 Å². The van der Waals surface area contributed by atoms with Crippen molar-refractivity contribution in [2.75, 3.05) is 10.3 Å². The second-order valence-electron chi connectivity index (χ2n) is 4.96. The molecule has 0 fully saturated rings. The lowest BCUT2D eigenvalue weighted by Crippen LogP contribution is -2.57. The lowest BCUT2D eigenvalue weighted by molar-refractivity contribution is -0.120. The molecule has 1 atom stereocenters. The Bertz CT molecular complexity index is 746. The van der Waals surface area contributed by atoms with Crippen LogP contribution in [0.5, 0.6) is 0 Å². The number of amidine groups is 1. The number of hydrazine groups is 1. The van der Waals surface area contributed by atoms with E-state index in [1.54, 1.807) is 43.6 Å². The second kappa shape index (κ2) is 6.27. The fourth-order valence-corrected chi connectivity index (χ4v) is 2.13. The van der Waals surface area contributed by atoms with Gasteiger partial charge in [-0.2, -0.15) is 0 Å². The van der Waals surface area contributed by atoms with E-state index in [1.807, 2.05) is 18.2 Å². The van der Waals surface area contributed by atoms with Crippen molar-refractivity contribution in [2.24, 2.45) is 4.99 Å². The molecule has 1 aliphatic rings. The van der Waals surface area contributed by atoms with Gasteiger partial charge in [-0.25, -0.2) is 10.0 Å². The number of hydrogen-bond acceptors (Lipinski definition) is 5. The molecule has 0 saturated carbocycles. The van der Waals surface area contributed by atoms with Gasteiger partial charge < -0.3 is 5.32 Å². The zero-order valence-corrected chi connectivity index (χ0v) is 12.4. The smallest absolute Gasteiger partial charge is 0.292 e. The maximum atomic E-state index is 12.3. The van der Waals surface area contributed by atoms with Crippen LogP contribution >= 0.6 is 0 Å². The maximum absolute atomic E-state index is 12.3. The number of hydrogen-bond donors (Lipinski definition) is 2. The molecule has 23 heavy (non-hydrogen) atoms. The van der Waals surface area contributed by atoms with Crippen LogP contribution in [-0.2, 0) is 9.59 Å². The lowest BCUT2D eigenvalue weighted by atomic mass is 10.2. The van der Waals surface area contributed by atoms with Gasteiger partial charge in [0.25, 0.3) is 11.8 Å². The zero-order valence-electron chi connectivity index (χ0n) is 12.4. The summed E-state index contributed by atoms with van der Waals surface area (Å²) >= 11 is 0. The summed E-state index contributed by atoms with van der Waals surface area (Å²) in [6, 6.07) is 11.7. The molecule has 0 unspecified atom stereocenters. The van der Waals surface area contributed by atoms with E-state index in [0.717, 1.165) is 0 Å². The number of rotatable bonds is 3. The van der Waals surface area contributed by atoms with E-state index in [0.29, 0.717) is 11.4 Å². The molecule has 2 heterocycles. The highest BCUT2D eigenvalue weighted by Gasteiger charge is 2.30. The number of nitrogens with one attached hydrogen (secondary N) is 2. The van der Waals surface area contributed by atoms with Crippen molar-refractivity contribution in [2.45, 2.75) is 13.0 Å². The third-order valence-electron chi connectivity index (χ3n) is 3.29. The summed E-state index contributed by atoms with van der Waals surface area (Å²) in [6.07, 6.45) is 3.16. The summed E-state index contributed by atoms with van der Waals surface area (Å²) in [5, 5.41) is 4.04. The molecule has 1 aliphatic heterocycles. The number of benzene rings is 1. The molecule has 1 aromatic heterocycles. The number of nitrogens with zero attached hydrogens (tertiary/aromatic N) is 3. The summed E-state index contributed by atoms with van der Waals surface area (Å²) in [4.78, 5) is 32.6. The number of anilines is 2. The lowest BCUT2D eigenvalue weighted by Gasteiger charge is -2.30. The molecule has 0 aliphatic carbocycles. The van der Waals surface area contributed by atoms with E-state index < -0.39 is 11.9 Å². The van der Waals surface area contributed by atoms with Crippen molar-refractivity contribution in [3.8, 4) is 0 Å². The summed E-state index contributed by atoms with van der Waals surface area (Å²) < 4.78 is 0. The Morgan fingerprint density at radius 3 is 2.57 bits per heavy atom. The van der Waals surface area contributed by atoms with Gasteiger partial charge in [0.1, 0.15) is 6.04 Å². The van der Waals surface area contributed by atoms with Crippen molar-refractivity contribution in [1.82, 2.24) is 10.4 Å². The molecule has 0 saturated heterocycles. The first-order valence-corrected chi connectivity index (χ1v) is 7.10. The molecule has 3 rings (SSSR count). The van der Waals surface area contributed by atoms with Gasteiger partial charge in [-0.15, -0.1) is 0 Å². The van der Waals surface area contributed by atoms with Gasteiger partial charge in [-0.05, 0) is 31.2 Å². The average molecular weight is 309 g/mol. The molecular formula is C16H15N5O2. The quantitative estimate of drug-likeness (QED) is 0.896. The molecule has 116 valence electrons. The van der Waals surface area contributed by atoms with Gasteiger partial charge in [0, 0.05) is 18.1 Å². The summed E-state index contributed by atoms with van der Waals surface area (Å²) in [7, 11) is 0. The van der Waals surface area contributed by atoms with Gasteiger partial charge in [-0.1, -0.05) is 18.2 Å². The minimum Gasteiger partial charge on any atom is -0.319 e. The van der Waals surface area contributed by atoms with E-state index in [4.69, 9.17) is 0 Å². The molecule has 2 amide bonds. The molecule has 0 radical (unpaired) electrons. The third kappa shape index (κ3) is 3.18. The number of para-hydroxylation sites is 1. The molecule has 0 bridgehead atoms. The van der Waals surface area contributed by atoms with Gasteiger partial charge in [0.15, 0.2) is 0 Å². The Hall–Kier alpha value is -3.22. The number of carbonyl (C=O) groups excluding carboxylic acids is 2. The van der Waals surface area contributed by atoms with Crippen LogP contribution in [0.4, 0.5) is 11.4 Å². The molecule has 2 N–H and O–H groups in total. The Kier molecular flexibility index (Phi) is 4.01. The fraction of sp³-hybridized carbons (Fsp3) is 0.125. The minimum absolute atomic E-state index is 0.0813. The zero-order chi connectivity index (χ0) is 16.2. The van der Waals surface area contributed by atoms with Crippen LogP contribution in [0.15, 0.2) is 59.9 Å². The van der Waals surface area contributed by atoms with Gasteiger partial charge in [-0.3, -0.25) is 20.0 Å². The first-order valence-electron chi connectivity index (χ1n) is 7.10. The van der Waals surface area contributed by atoms with Crippen molar-refractivity contribution in [1.29, 1.82) is 0 Å². The molecular weight excluding hydrogens is 294 g/mol. The van der Waals surface area contributed by atoms with Crippen molar-refractivity contribution < 1.29 is 9.59 Å². The number of aliphatic imine (C=N–C) groups is 1. The topological polar surface area (TPSA) is 86.7 Å². The highest BCUT2D eigenvalue weighted by Crippen LogP contribution is 2.16. The molecule has 0 spiro atoms. The van der Waals surface area contributed by atoms with Crippen LogP contribution in [0.3, 0.4) is 0 Å². The summed E-state index contributed by atoms with van der Waals surface area (Å²) in [6.45, 7) is 1.65. The molecule has 2 aromatic rings. The Labute approximate surface area is 133 Å².